The molecule has 1 aliphatic carbocycles. The monoisotopic (exact) mass is 288 g/mol. The number of carbonyl (C=O) groups excluding carboxylic acids is 1. The second-order valence-corrected chi connectivity index (χ2v) is 5.54. The van der Waals surface area contributed by atoms with Gasteiger partial charge in [-0.1, -0.05) is 24.3 Å². The Balaban J connectivity index is 2.09. The first-order valence-corrected chi connectivity index (χ1v) is 7.42. The molecule has 21 heavy (non-hydrogen) atoms. The molecular formula is C17H24N2O2. The molecule has 0 radical (unpaired) electrons. The molecule has 1 atom stereocenters. The zero-order valence-corrected chi connectivity index (χ0v) is 13.1. The van der Waals surface area contributed by atoms with Gasteiger partial charge in [0.15, 0.2) is 0 Å². The number of rotatable bonds is 5. The third kappa shape index (κ3) is 3.38. The van der Waals surface area contributed by atoms with Crippen LogP contribution in [0.2, 0.25) is 0 Å². The summed E-state index contributed by atoms with van der Waals surface area (Å²) in [6, 6.07) is 6.07. The highest BCUT2D eigenvalue weighted by Crippen LogP contribution is 2.36. The van der Waals surface area contributed by atoms with Crippen LogP contribution in [0, 0.1) is 0 Å². The van der Waals surface area contributed by atoms with Crippen LogP contribution in [0.15, 0.2) is 30.4 Å². The van der Waals surface area contributed by atoms with Crippen molar-refractivity contribution in [3.63, 3.8) is 0 Å². The van der Waals surface area contributed by atoms with Crippen molar-refractivity contribution in [1.29, 1.82) is 0 Å². The zero-order chi connectivity index (χ0) is 15.4. The quantitative estimate of drug-likeness (QED) is 0.845. The molecule has 0 fully saturated rings. The second kappa shape index (κ2) is 6.66. The topological polar surface area (TPSA) is 41.6 Å². The number of fused-ring (bicyclic) bond motifs is 1. The Bertz CT molecular complexity index is 540. The maximum absolute atomic E-state index is 12.4. The molecule has 0 unspecified atom stereocenters. The van der Waals surface area contributed by atoms with Gasteiger partial charge >= 0.3 is 6.03 Å². The van der Waals surface area contributed by atoms with E-state index < -0.39 is 0 Å². The number of urea groups is 1. The third-order valence-electron chi connectivity index (χ3n) is 3.88. The Morgan fingerprint density at radius 3 is 2.90 bits per heavy atom. The van der Waals surface area contributed by atoms with E-state index in [0.717, 1.165) is 24.2 Å². The van der Waals surface area contributed by atoms with E-state index in [4.69, 9.17) is 4.74 Å². The largest absolute Gasteiger partial charge is 0.496 e. The fraction of sp³-hybridized carbons (Fsp3) is 0.471. The van der Waals surface area contributed by atoms with E-state index in [-0.39, 0.29) is 12.1 Å². The predicted octanol–water partition coefficient (Wildman–Crippen LogP) is 3.29. The summed E-state index contributed by atoms with van der Waals surface area (Å²) < 4.78 is 5.40. The minimum Gasteiger partial charge on any atom is -0.496 e. The molecule has 0 saturated carbocycles. The van der Waals surface area contributed by atoms with Gasteiger partial charge in [-0.3, -0.25) is 0 Å². The summed E-state index contributed by atoms with van der Waals surface area (Å²) in [5.74, 6) is 0.915. The maximum Gasteiger partial charge on any atom is 0.318 e. The first kappa shape index (κ1) is 15.4. The molecule has 2 rings (SSSR count). The number of nitrogens with one attached hydrogen (secondary N) is 1. The van der Waals surface area contributed by atoms with Crippen LogP contribution < -0.4 is 10.1 Å². The van der Waals surface area contributed by atoms with E-state index in [9.17, 15) is 4.79 Å². The molecule has 0 aromatic heterocycles. The van der Waals surface area contributed by atoms with Crippen molar-refractivity contribution >= 4 is 6.03 Å². The second-order valence-electron chi connectivity index (χ2n) is 5.54. The van der Waals surface area contributed by atoms with Gasteiger partial charge in [0.25, 0.3) is 0 Å². The number of amides is 2. The van der Waals surface area contributed by atoms with Gasteiger partial charge in [-0.05, 0) is 43.9 Å². The zero-order valence-electron chi connectivity index (χ0n) is 13.1. The van der Waals surface area contributed by atoms with Crippen molar-refractivity contribution in [2.24, 2.45) is 0 Å². The summed E-state index contributed by atoms with van der Waals surface area (Å²) in [4.78, 5) is 14.2. The van der Waals surface area contributed by atoms with Crippen molar-refractivity contribution in [3.05, 3.63) is 41.5 Å². The van der Waals surface area contributed by atoms with E-state index in [2.05, 4.69) is 18.0 Å². The number of nitrogens with zero attached hydrogens (tertiary/aromatic N) is 1. The Labute approximate surface area is 126 Å². The van der Waals surface area contributed by atoms with Gasteiger partial charge in [-0.15, -0.1) is 0 Å². The van der Waals surface area contributed by atoms with Crippen LogP contribution >= 0.6 is 0 Å². The highest BCUT2D eigenvalue weighted by Gasteiger charge is 2.27. The molecule has 0 saturated heterocycles. The normalized spacial score (nSPS) is 16.2. The van der Waals surface area contributed by atoms with Gasteiger partial charge in [-0.25, -0.2) is 4.79 Å². The molecule has 114 valence electrons. The molecule has 1 N–H and O–H groups in total. The van der Waals surface area contributed by atoms with Gasteiger partial charge in [-0.2, -0.15) is 0 Å². The van der Waals surface area contributed by atoms with Crippen LogP contribution in [0.3, 0.4) is 0 Å². The lowest BCUT2D eigenvalue weighted by molar-refractivity contribution is 0.200. The van der Waals surface area contributed by atoms with Crippen LogP contribution in [0.4, 0.5) is 4.79 Å². The smallest absolute Gasteiger partial charge is 0.318 e. The SMILES string of the molecule is C=C(C)CN(CC)C(=O)N[C@@H]1CCc2c(OC)cccc21. The third-order valence-corrected chi connectivity index (χ3v) is 3.88. The van der Waals surface area contributed by atoms with E-state index >= 15 is 0 Å². The number of likely N-dealkylation sites (N-methyl/N-ethyl adjacent to an activating group) is 1. The van der Waals surface area contributed by atoms with Gasteiger partial charge in [0.2, 0.25) is 0 Å². The molecule has 2 amide bonds. The highest BCUT2D eigenvalue weighted by atomic mass is 16.5. The summed E-state index contributed by atoms with van der Waals surface area (Å²) in [5, 5.41) is 3.13. The van der Waals surface area contributed by atoms with Crippen molar-refractivity contribution in [2.75, 3.05) is 20.2 Å². The fourth-order valence-corrected chi connectivity index (χ4v) is 2.86. The van der Waals surface area contributed by atoms with Crippen molar-refractivity contribution < 1.29 is 9.53 Å². The minimum atomic E-state index is -0.0267. The number of carbonyl (C=O) groups is 1. The van der Waals surface area contributed by atoms with Crippen LogP contribution in [0.1, 0.15) is 37.4 Å². The van der Waals surface area contributed by atoms with Crippen LogP contribution in [-0.2, 0) is 6.42 Å². The molecule has 1 aromatic rings. The Morgan fingerprint density at radius 2 is 2.29 bits per heavy atom. The van der Waals surface area contributed by atoms with E-state index in [1.807, 2.05) is 26.0 Å². The number of hydrogen-bond donors (Lipinski definition) is 1. The summed E-state index contributed by atoms with van der Waals surface area (Å²) in [6.45, 7) is 9.07. The molecule has 4 heteroatoms. The molecule has 0 heterocycles. The Morgan fingerprint density at radius 1 is 1.52 bits per heavy atom. The molecular weight excluding hydrogens is 264 g/mol. The van der Waals surface area contributed by atoms with Crippen molar-refractivity contribution in [1.82, 2.24) is 10.2 Å². The lowest BCUT2D eigenvalue weighted by atomic mass is 10.1. The predicted molar refractivity (Wildman–Crippen MR) is 84.6 cm³/mol. The first-order chi connectivity index (χ1) is 10.1. The van der Waals surface area contributed by atoms with Crippen molar-refractivity contribution in [2.45, 2.75) is 32.7 Å². The summed E-state index contributed by atoms with van der Waals surface area (Å²) in [6.07, 6.45) is 1.86. The molecule has 4 nitrogen and oxygen atoms in total. The van der Waals surface area contributed by atoms with Gasteiger partial charge in [0.05, 0.1) is 13.2 Å². The highest BCUT2D eigenvalue weighted by molar-refractivity contribution is 5.75. The fourth-order valence-electron chi connectivity index (χ4n) is 2.86. The van der Waals surface area contributed by atoms with Crippen LogP contribution in [0.5, 0.6) is 5.75 Å². The van der Waals surface area contributed by atoms with Gasteiger partial charge in [0.1, 0.15) is 5.75 Å². The Hall–Kier alpha value is -1.97. The number of ether oxygens (including phenoxy) is 1. The lowest BCUT2D eigenvalue weighted by Gasteiger charge is -2.24. The maximum atomic E-state index is 12.4. The van der Waals surface area contributed by atoms with Crippen LogP contribution in [-0.4, -0.2) is 31.1 Å². The summed E-state index contributed by atoms with van der Waals surface area (Å²) >= 11 is 0. The molecule has 0 aliphatic heterocycles. The Kier molecular flexibility index (Phi) is 4.89. The van der Waals surface area contributed by atoms with Crippen molar-refractivity contribution in [3.8, 4) is 5.75 Å². The summed E-state index contributed by atoms with van der Waals surface area (Å²) in [7, 11) is 1.69. The average molecular weight is 288 g/mol. The van der Waals surface area contributed by atoms with Crippen LogP contribution in [0.25, 0.3) is 0 Å². The molecule has 0 bridgehead atoms. The number of hydrogen-bond acceptors (Lipinski definition) is 2. The van der Waals surface area contributed by atoms with E-state index in [1.54, 1.807) is 12.0 Å². The molecule has 1 aliphatic rings. The standard InChI is InChI=1S/C17H24N2O2/c1-5-19(11-12(2)3)17(20)18-15-10-9-14-13(15)7-6-8-16(14)21-4/h6-8,15H,2,5,9-11H2,1,3-4H3,(H,18,20)/t15-/m1/s1. The average Bonchev–Trinajstić information content (AvgIpc) is 2.87. The molecule has 0 spiro atoms. The first-order valence-electron chi connectivity index (χ1n) is 7.42. The number of benzene rings is 1. The van der Waals surface area contributed by atoms with Gasteiger partial charge in [0, 0.05) is 13.1 Å². The molecule has 1 aromatic carbocycles. The summed E-state index contributed by atoms with van der Waals surface area (Å²) in [5.41, 5.74) is 3.38. The van der Waals surface area contributed by atoms with Gasteiger partial charge < -0.3 is 15.0 Å². The van der Waals surface area contributed by atoms with E-state index in [1.165, 1.54) is 11.1 Å². The number of methoxy groups -OCH3 is 1. The van der Waals surface area contributed by atoms with E-state index in [0.29, 0.717) is 13.1 Å². The lowest BCUT2D eigenvalue weighted by Crippen LogP contribution is -2.41. The minimum absolute atomic E-state index is 0.0267.